The van der Waals surface area contributed by atoms with Gasteiger partial charge in [-0.05, 0) is 36.8 Å². The molecule has 1 N–H and O–H groups in total. The minimum Gasteiger partial charge on any atom is -0.489 e. The van der Waals surface area contributed by atoms with E-state index in [1.807, 2.05) is 0 Å². The molecule has 2 aromatic rings. The summed E-state index contributed by atoms with van der Waals surface area (Å²) in [4.78, 5) is 10.1. The average molecular weight is 291 g/mol. The molecule has 2 rings (SSSR count). The van der Waals surface area contributed by atoms with Gasteiger partial charge in [-0.1, -0.05) is 0 Å². The van der Waals surface area contributed by atoms with Gasteiger partial charge in [0, 0.05) is 23.8 Å². The molecule has 0 saturated heterocycles. The maximum atomic E-state index is 13.7. The van der Waals surface area contributed by atoms with Crippen molar-refractivity contribution in [2.45, 2.75) is 19.6 Å². The second-order valence-electron chi connectivity index (χ2n) is 4.57. The van der Waals surface area contributed by atoms with Crippen molar-refractivity contribution in [3.63, 3.8) is 0 Å². The molecule has 2 aromatic carbocycles. The molecule has 0 amide bonds. The van der Waals surface area contributed by atoms with Crippen LogP contribution < -0.4 is 4.74 Å². The first-order valence-corrected chi connectivity index (χ1v) is 6.31. The molecule has 0 bridgehead atoms. The van der Waals surface area contributed by atoms with Crippen LogP contribution in [-0.4, -0.2) is 10.0 Å². The Morgan fingerprint density at radius 1 is 1.29 bits per heavy atom. The molecule has 0 fully saturated rings. The zero-order valence-corrected chi connectivity index (χ0v) is 11.3. The van der Waals surface area contributed by atoms with Gasteiger partial charge in [0.2, 0.25) is 0 Å². The van der Waals surface area contributed by atoms with Crippen molar-refractivity contribution in [3.05, 3.63) is 69.5 Å². The quantitative estimate of drug-likeness (QED) is 0.677. The average Bonchev–Trinajstić information content (AvgIpc) is 2.45. The molecule has 110 valence electrons. The molecule has 0 saturated carbocycles. The van der Waals surface area contributed by atoms with E-state index < -0.39 is 16.8 Å². The molecule has 0 spiro atoms. The molecule has 0 aliphatic heterocycles. The fourth-order valence-electron chi connectivity index (χ4n) is 1.82. The number of hydrogen-bond donors (Lipinski definition) is 1. The lowest BCUT2D eigenvalue weighted by molar-refractivity contribution is -0.384. The summed E-state index contributed by atoms with van der Waals surface area (Å²) >= 11 is 0. The van der Waals surface area contributed by atoms with Crippen molar-refractivity contribution in [3.8, 4) is 5.75 Å². The zero-order chi connectivity index (χ0) is 15.4. The normalized spacial score (nSPS) is 12.0. The van der Waals surface area contributed by atoms with Crippen LogP contribution in [0.2, 0.25) is 0 Å². The minimum atomic E-state index is -0.881. The van der Waals surface area contributed by atoms with Crippen molar-refractivity contribution in [2.75, 3.05) is 0 Å². The number of ether oxygens (including phenoxy) is 1. The summed E-state index contributed by atoms with van der Waals surface area (Å²) in [6.07, 6.45) is -0.881. The molecule has 0 unspecified atom stereocenters. The lowest BCUT2D eigenvalue weighted by Crippen LogP contribution is -1.99. The largest absolute Gasteiger partial charge is 0.489 e. The molecule has 0 aliphatic carbocycles. The topological polar surface area (TPSA) is 72.6 Å². The van der Waals surface area contributed by atoms with Gasteiger partial charge in [0.25, 0.3) is 5.69 Å². The molecule has 0 aliphatic rings. The number of nitro benzene ring substituents is 1. The van der Waals surface area contributed by atoms with E-state index in [0.29, 0.717) is 5.75 Å². The first-order chi connectivity index (χ1) is 9.97. The number of nitrogens with zero attached hydrogens (tertiary/aromatic N) is 1. The number of benzene rings is 2. The fourth-order valence-corrected chi connectivity index (χ4v) is 1.82. The minimum absolute atomic E-state index is 0.00563. The fraction of sp³-hybridized carbons (Fsp3) is 0.200. The Balaban J connectivity index is 2.02. The number of aliphatic hydroxyl groups is 1. The van der Waals surface area contributed by atoms with Crippen molar-refractivity contribution >= 4 is 5.69 Å². The smallest absolute Gasteiger partial charge is 0.269 e. The van der Waals surface area contributed by atoms with Crippen molar-refractivity contribution in [1.29, 1.82) is 0 Å². The van der Waals surface area contributed by atoms with Crippen LogP contribution in [-0.2, 0) is 6.61 Å². The van der Waals surface area contributed by atoms with Crippen LogP contribution in [0.25, 0.3) is 0 Å². The predicted octanol–water partition coefficient (Wildman–Crippen LogP) is 3.37. The number of nitro groups is 1. The van der Waals surface area contributed by atoms with E-state index in [0.717, 1.165) is 5.56 Å². The third-order valence-electron chi connectivity index (χ3n) is 2.97. The van der Waals surface area contributed by atoms with Crippen LogP contribution in [0.4, 0.5) is 10.1 Å². The third kappa shape index (κ3) is 3.76. The predicted molar refractivity (Wildman–Crippen MR) is 74.5 cm³/mol. The first kappa shape index (κ1) is 14.9. The Morgan fingerprint density at radius 3 is 2.48 bits per heavy atom. The van der Waals surface area contributed by atoms with Crippen molar-refractivity contribution in [2.24, 2.45) is 0 Å². The van der Waals surface area contributed by atoms with Gasteiger partial charge < -0.3 is 9.84 Å². The van der Waals surface area contributed by atoms with E-state index in [1.165, 1.54) is 31.2 Å². The van der Waals surface area contributed by atoms with Gasteiger partial charge in [-0.15, -0.1) is 0 Å². The summed E-state index contributed by atoms with van der Waals surface area (Å²) in [5.74, 6) is -0.207. The van der Waals surface area contributed by atoms with Gasteiger partial charge in [-0.2, -0.15) is 0 Å². The Morgan fingerprint density at radius 2 is 1.95 bits per heavy atom. The van der Waals surface area contributed by atoms with E-state index in [2.05, 4.69) is 0 Å². The maximum absolute atomic E-state index is 13.7. The molecular formula is C15H14FNO4. The summed E-state index contributed by atoms with van der Waals surface area (Å²) in [5, 5.41) is 19.9. The van der Waals surface area contributed by atoms with Gasteiger partial charge in [0.1, 0.15) is 18.2 Å². The van der Waals surface area contributed by atoms with E-state index in [9.17, 15) is 19.6 Å². The lowest BCUT2D eigenvalue weighted by Gasteiger charge is -2.10. The van der Waals surface area contributed by atoms with E-state index in [1.54, 1.807) is 18.2 Å². The van der Waals surface area contributed by atoms with Gasteiger partial charge >= 0.3 is 0 Å². The number of hydrogen-bond acceptors (Lipinski definition) is 4. The molecule has 6 heteroatoms. The summed E-state index contributed by atoms with van der Waals surface area (Å²) in [6, 6.07) is 10.2. The Labute approximate surface area is 120 Å². The van der Waals surface area contributed by atoms with Crippen molar-refractivity contribution in [1.82, 2.24) is 0 Å². The van der Waals surface area contributed by atoms with Gasteiger partial charge in [-0.25, -0.2) is 4.39 Å². The van der Waals surface area contributed by atoms with Gasteiger partial charge in [0.15, 0.2) is 0 Å². The number of aliphatic hydroxyl groups excluding tert-OH is 1. The highest BCUT2D eigenvalue weighted by atomic mass is 19.1. The van der Waals surface area contributed by atoms with Crippen molar-refractivity contribution < 1.29 is 19.2 Å². The first-order valence-electron chi connectivity index (χ1n) is 6.31. The molecule has 0 radical (unpaired) electrons. The number of non-ortho nitro benzene ring substituents is 1. The molecule has 5 nitrogen and oxygen atoms in total. The Bertz CT molecular complexity index is 641. The third-order valence-corrected chi connectivity index (χ3v) is 2.97. The second-order valence-corrected chi connectivity index (χ2v) is 4.57. The SMILES string of the molecule is C[C@@H](O)c1ccc(OCc2ccc([N+](=O)[O-])cc2)cc1F. The standard InChI is InChI=1S/C15H14FNO4/c1-10(18)14-7-6-13(8-15(14)16)21-9-11-2-4-12(5-3-11)17(19)20/h2-8,10,18H,9H2,1H3/t10-/m1/s1. The molecule has 0 aromatic heterocycles. The number of halogens is 1. The highest BCUT2D eigenvalue weighted by Crippen LogP contribution is 2.22. The van der Waals surface area contributed by atoms with E-state index in [-0.39, 0.29) is 17.9 Å². The summed E-state index contributed by atoms with van der Waals surface area (Å²) < 4.78 is 19.1. The van der Waals surface area contributed by atoms with Crippen LogP contribution in [0.5, 0.6) is 5.75 Å². The molecule has 21 heavy (non-hydrogen) atoms. The summed E-state index contributed by atoms with van der Waals surface area (Å²) in [6.45, 7) is 1.65. The Kier molecular flexibility index (Phi) is 4.49. The second kappa shape index (κ2) is 6.32. The van der Waals surface area contributed by atoms with Crippen LogP contribution in [0.1, 0.15) is 24.2 Å². The number of rotatable bonds is 5. The van der Waals surface area contributed by atoms with Crippen LogP contribution >= 0.6 is 0 Å². The van der Waals surface area contributed by atoms with Gasteiger partial charge in [0.05, 0.1) is 11.0 Å². The van der Waals surface area contributed by atoms with Gasteiger partial charge in [-0.3, -0.25) is 10.1 Å². The molecular weight excluding hydrogens is 277 g/mol. The van der Waals surface area contributed by atoms with E-state index in [4.69, 9.17) is 4.74 Å². The maximum Gasteiger partial charge on any atom is 0.269 e. The highest BCUT2D eigenvalue weighted by Gasteiger charge is 2.09. The molecule has 1 atom stereocenters. The molecule has 0 heterocycles. The lowest BCUT2D eigenvalue weighted by atomic mass is 10.1. The summed E-state index contributed by atoms with van der Waals surface area (Å²) in [7, 11) is 0. The van der Waals surface area contributed by atoms with E-state index >= 15 is 0 Å². The Hall–Kier alpha value is -2.47. The zero-order valence-electron chi connectivity index (χ0n) is 11.3. The monoisotopic (exact) mass is 291 g/mol. The summed E-state index contributed by atoms with van der Waals surface area (Å²) in [5.41, 5.74) is 0.948. The highest BCUT2D eigenvalue weighted by molar-refractivity contribution is 5.33. The van der Waals surface area contributed by atoms with Crippen LogP contribution in [0.3, 0.4) is 0 Å². The van der Waals surface area contributed by atoms with Crippen LogP contribution in [0.15, 0.2) is 42.5 Å². The van der Waals surface area contributed by atoms with Crippen LogP contribution in [0, 0.1) is 15.9 Å².